The Balaban J connectivity index is 1.51. The van der Waals surface area contributed by atoms with Crippen molar-refractivity contribution in [3.05, 3.63) is 120 Å². The maximum atomic E-state index is 4.78. The second-order valence-corrected chi connectivity index (χ2v) is 7.23. The first-order valence-corrected chi connectivity index (χ1v) is 10.4. The Labute approximate surface area is 179 Å². The van der Waals surface area contributed by atoms with E-state index in [9.17, 15) is 0 Å². The van der Waals surface area contributed by atoms with Crippen molar-refractivity contribution in [2.45, 2.75) is 13.5 Å². The minimum atomic E-state index is 0.912. The summed E-state index contributed by atoms with van der Waals surface area (Å²) in [6.07, 6.45) is 1.94. The predicted molar refractivity (Wildman–Crippen MR) is 129 cm³/mol. The van der Waals surface area contributed by atoms with Crippen molar-refractivity contribution in [2.75, 3.05) is 11.4 Å². The van der Waals surface area contributed by atoms with Gasteiger partial charge in [0.2, 0.25) is 0 Å². The summed E-state index contributed by atoms with van der Waals surface area (Å²) in [6.45, 7) is 4.07. The van der Waals surface area contributed by atoms with Gasteiger partial charge in [0.05, 0.1) is 5.69 Å². The molecule has 0 bridgehead atoms. The van der Waals surface area contributed by atoms with Crippen LogP contribution in [-0.4, -0.2) is 12.8 Å². The number of nitrogens with zero attached hydrogens (tertiary/aromatic N) is 2. The quantitative estimate of drug-likeness (QED) is 0.306. The maximum absolute atomic E-state index is 4.78. The lowest BCUT2D eigenvalue weighted by molar-refractivity contribution is 0.832. The Morgan fingerprint density at radius 3 is 2.03 bits per heavy atom. The lowest BCUT2D eigenvalue weighted by Gasteiger charge is -2.23. The topological polar surface area (TPSA) is 15.6 Å². The van der Waals surface area contributed by atoms with E-state index in [1.54, 1.807) is 0 Å². The Morgan fingerprint density at radius 1 is 0.700 bits per heavy atom. The smallest absolute Gasteiger partial charge is 0.0708 e. The highest BCUT2D eigenvalue weighted by molar-refractivity contribution is 5.86. The highest BCUT2D eigenvalue weighted by Gasteiger charge is 2.06. The molecule has 4 aromatic carbocycles. The fraction of sp³-hybridized carbons (Fsp3) is 0.107. The van der Waals surface area contributed by atoms with E-state index in [1.165, 1.54) is 16.8 Å². The van der Waals surface area contributed by atoms with Crippen molar-refractivity contribution in [3.63, 3.8) is 0 Å². The molecule has 0 saturated carbocycles. The van der Waals surface area contributed by atoms with E-state index in [0.717, 1.165) is 29.9 Å². The van der Waals surface area contributed by atoms with Crippen LogP contribution in [0, 0.1) is 0 Å². The molecule has 30 heavy (non-hydrogen) atoms. The van der Waals surface area contributed by atoms with Gasteiger partial charge in [-0.2, -0.15) is 0 Å². The number of para-hydroxylation sites is 1. The number of hydrogen-bond acceptors (Lipinski definition) is 2. The molecule has 0 atom stereocenters. The Bertz CT molecular complexity index is 1080. The molecule has 0 radical (unpaired) electrons. The summed E-state index contributed by atoms with van der Waals surface area (Å²) >= 11 is 0. The summed E-state index contributed by atoms with van der Waals surface area (Å²) in [4.78, 5) is 7.15. The largest absolute Gasteiger partial charge is 0.367 e. The summed E-state index contributed by atoms with van der Waals surface area (Å²) in [5.74, 6) is 0. The molecule has 0 N–H and O–H groups in total. The SMILES string of the molecule is CCN(Cc1ccccc1)c1ccc(C=Nc2ccccc2-c2ccccc2)cc1. The van der Waals surface area contributed by atoms with Gasteiger partial charge in [-0.3, -0.25) is 4.99 Å². The van der Waals surface area contributed by atoms with E-state index in [0.29, 0.717) is 0 Å². The first kappa shape index (κ1) is 19.7. The van der Waals surface area contributed by atoms with E-state index in [-0.39, 0.29) is 0 Å². The van der Waals surface area contributed by atoms with Crippen molar-refractivity contribution in [1.82, 2.24) is 0 Å². The monoisotopic (exact) mass is 390 g/mol. The van der Waals surface area contributed by atoms with Crippen LogP contribution in [0.2, 0.25) is 0 Å². The number of hydrogen-bond donors (Lipinski definition) is 0. The first-order chi connectivity index (χ1) is 14.8. The van der Waals surface area contributed by atoms with Gasteiger partial charge in [0.1, 0.15) is 0 Å². The zero-order chi connectivity index (χ0) is 20.6. The van der Waals surface area contributed by atoms with Crippen molar-refractivity contribution in [2.24, 2.45) is 4.99 Å². The molecule has 2 nitrogen and oxygen atoms in total. The van der Waals surface area contributed by atoms with E-state index < -0.39 is 0 Å². The molecule has 0 unspecified atom stereocenters. The normalized spacial score (nSPS) is 11.0. The fourth-order valence-corrected chi connectivity index (χ4v) is 3.55. The molecular weight excluding hydrogens is 364 g/mol. The summed E-state index contributed by atoms with van der Waals surface area (Å²) in [5, 5.41) is 0. The van der Waals surface area contributed by atoms with Crippen LogP contribution in [0.25, 0.3) is 11.1 Å². The van der Waals surface area contributed by atoms with Gasteiger partial charge in [-0.25, -0.2) is 0 Å². The van der Waals surface area contributed by atoms with Crippen molar-refractivity contribution in [1.29, 1.82) is 0 Å². The van der Waals surface area contributed by atoms with Crippen LogP contribution in [0.4, 0.5) is 11.4 Å². The van der Waals surface area contributed by atoms with Crippen LogP contribution in [0.15, 0.2) is 114 Å². The van der Waals surface area contributed by atoms with Gasteiger partial charge in [0, 0.05) is 30.6 Å². The molecular formula is C28H26N2. The van der Waals surface area contributed by atoms with Gasteiger partial charge in [0.15, 0.2) is 0 Å². The van der Waals surface area contributed by atoms with Crippen molar-refractivity contribution < 1.29 is 0 Å². The highest BCUT2D eigenvalue weighted by atomic mass is 15.1. The average molecular weight is 391 g/mol. The summed E-state index contributed by atoms with van der Waals surface area (Å²) in [6, 6.07) is 37.9. The van der Waals surface area contributed by atoms with Gasteiger partial charge in [0.25, 0.3) is 0 Å². The number of rotatable bonds is 7. The molecule has 4 aromatic rings. The molecule has 148 valence electrons. The van der Waals surface area contributed by atoms with Crippen molar-refractivity contribution in [3.8, 4) is 11.1 Å². The summed E-state index contributed by atoms with van der Waals surface area (Å²) in [5.41, 5.74) is 6.95. The second-order valence-electron chi connectivity index (χ2n) is 7.23. The maximum Gasteiger partial charge on any atom is 0.0708 e. The van der Waals surface area contributed by atoms with Gasteiger partial charge >= 0.3 is 0 Å². The van der Waals surface area contributed by atoms with Crippen LogP contribution in [0.1, 0.15) is 18.1 Å². The number of aliphatic imine (C=N–C) groups is 1. The van der Waals surface area contributed by atoms with E-state index in [2.05, 4.69) is 109 Å². The number of benzene rings is 4. The predicted octanol–water partition coefficient (Wildman–Crippen LogP) is 7.13. The molecule has 0 aliphatic heterocycles. The van der Waals surface area contributed by atoms with E-state index in [1.807, 2.05) is 18.3 Å². The van der Waals surface area contributed by atoms with Gasteiger partial charge < -0.3 is 4.90 Å². The minimum absolute atomic E-state index is 0.912. The van der Waals surface area contributed by atoms with Crippen LogP contribution >= 0.6 is 0 Å². The molecule has 4 rings (SSSR count). The van der Waals surface area contributed by atoms with Crippen LogP contribution in [0.3, 0.4) is 0 Å². The Hall–Kier alpha value is -3.65. The van der Waals surface area contributed by atoms with E-state index >= 15 is 0 Å². The third kappa shape index (κ3) is 4.84. The zero-order valence-electron chi connectivity index (χ0n) is 17.3. The molecule has 0 aliphatic rings. The average Bonchev–Trinajstić information content (AvgIpc) is 2.83. The summed E-state index contributed by atoms with van der Waals surface area (Å²) < 4.78 is 0. The fourth-order valence-electron chi connectivity index (χ4n) is 3.55. The third-order valence-corrected chi connectivity index (χ3v) is 5.20. The first-order valence-electron chi connectivity index (χ1n) is 10.4. The van der Waals surface area contributed by atoms with Crippen LogP contribution in [0.5, 0.6) is 0 Å². The Kier molecular flexibility index (Phi) is 6.36. The molecule has 0 fully saturated rings. The van der Waals surface area contributed by atoms with Gasteiger partial charge in [-0.05, 0) is 41.8 Å². The van der Waals surface area contributed by atoms with Crippen LogP contribution in [-0.2, 0) is 6.54 Å². The van der Waals surface area contributed by atoms with Gasteiger partial charge in [-0.1, -0.05) is 91.0 Å². The van der Waals surface area contributed by atoms with Crippen molar-refractivity contribution >= 4 is 17.6 Å². The molecule has 0 heterocycles. The zero-order valence-corrected chi connectivity index (χ0v) is 17.3. The molecule has 2 heteroatoms. The lowest BCUT2D eigenvalue weighted by Crippen LogP contribution is -2.21. The molecule has 0 aromatic heterocycles. The third-order valence-electron chi connectivity index (χ3n) is 5.20. The van der Waals surface area contributed by atoms with Gasteiger partial charge in [-0.15, -0.1) is 0 Å². The number of anilines is 1. The summed E-state index contributed by atoms with van der Waals surface area (Å²) in [7, 11) is 0. The molecule has 0 aliphatic carbocycles. The molecule has 0 spiro atoms. The lowest BCUT2D eigenvalue weighted by atomic mass is 10.0. The molecule has 0 amide bonds. The standard InChI is InChI=1S/C28H26N2/c1-2-30(22-24-11-5-3-6-12-24)26-19-17-23(18-20-26)21-29-28-16-10-9-15-27(28)25-13-7-4-8-14-25/h3-21H,2,22H2,1H3. The Morgan fingerprint density at radius 2 is 1.33 bits per heavy atom. The second kappa shape index (κ2) is 9.71. The minimum Gasteiger partial charge on any atom is -0.367 e. The highest BCUT2D eigenvalue weighted by Crippen LogP contribution is 2.29. The van der Waals surface area contributed by atoms with Crippen LogP contribution < -0.4 is 4.90 Å². The molecule has 0 saturated heterocycles. The van der Waals surface area contributed by atoms with E-state index in [4.69, 9.17) is 4.99 Å².